The molecule has 0 bridgehead atoms. The first kappa shape index (κ1) is 18.1. The minimum Gasteiger partial charge on any atom is -0.494 e. The van der Waals surface area contributed by atoms with Crippen LogP contribution in [0, 0.1) is 6.92 Å². The van der Waals surface area contributed by atoms with Gasteiger partial charge < -0.3 is 9.47 Å². The van der Waals surface area contributed by atoms with Gasteiger partial charge >= 0.3 is 0 Å². The topological polar surface area (TPSA) is 35.5 Å². The lowest BCUT2D eigenvalue weighted by molar-refractivity contribution is 0.112. The largest absolute Gasteiger partial charge is 0.494 e. The van der Waals surface area contributed by atoms with E-state index < -0.39 is 0 Å². The van der Waals surface area contributed by atoms with Crippen molar-refractivity contribution in [3.63, 3.8) is 0 Å². The summed E-state index contributed by atoms with van der Waals surface area (Å²) in [5.41, 5.74) is 1.92. The van der Waals surface area contributed by atoms with Crippen molar-refractivity contribution < 1.29 is 14.3 Å². The van der Waals surface area contributed by atoms with Gasteiger partial charge in [-0.2, -0.15) is 0 Å². The van der Waals surface area contributed by atoms with Gasteiger partial charge in [-0.15, -0.1) is 12.6 Å². The maximum Gasteiger partial charge on any atom is 0.150 e. The van der Waals surface area contributed by atoms with Crippen LogP contribution in [0.1, 0.15) is 29.8 Å². The fraction of sp³-hybridized carbons (Fsp3) is 0.278. The van der Waals surface area contributed by atoms with E-state index in [0.717, 1.165) is 28.2 Å². The lowest BCUT2D eigenvalue weighted by atomic mass is 10.2. The Hall–Kier alpha value is -1.94. The number of aldehydes is 1. The van der Waals surface area contributed by atoms with Gasteiger partial charge in [0.25, 0.3) is 0 Å². The number of rotatable bonds is 5. The third kappa shape index (κ3) is 6.22. The molecule has 0 N–H and O–H groups in total. The van der Waals surface area contributed by atoms with E-state index in [9.17, 15) is 4.79 Å². The molecule has 0 fully saturated rings. The van der Waals surface area contributed by atoms with E-state index in [0.29, 0.717) is 13.2 Å². The van der Waals surface area contributed by atoms with E-state index in [-0.39, 0.29) is 0 Å². The summed E-state index contributed by atoms with van der Waals surface area (Å²) in [6.07, 6.45) is 0.847. The summed E-state index contributed by atoms with van der Waals surface area (Å²) in [5, 5.41) is 0. The van der Waals surface area contributed by atoms with Crippen LogP contribution in [0.2, 0.25) is 0 Å². The van der Waals surface area contributed by atoms with Crippen LogP contribution in [0.25, 0.3) is 0 Å². The second kappa shape index (κ2) is 9.90. The third-order valence-corrected chi connectivity index (χ3v) is 3.10. The summed E-state index contributed by atoms with van der Waals surface area (Å²) in [6, 6.07) is 13.1. The first-order chi connectivity index (χ1) is 10.6. The summed E-state index contributed by atoms with van der Waals surface area (Å²) in [4.78, 5) is 10.9. The zero-order valence-corrected chi connectivity index (χ0v) is 14.1. The Morgan fingerprint density at radius 2 is 1.64 bits per heavy atom. The molecule has 0 radical (unpaired) electrons. The average molecular weight is 318 g/mol. The van der Waals surface area contributed by atoms with Gasteiger partial charge in [-0.05, 0) is 39.0 Å². The number of carbonyl (C=O) groups excluding carboxylic acids is 1. The second-order valence-corrected chi connectivity index (χ2v) is 5.01. The Morgan fingerprint density at radius 3 is 2.14 bits per heavy atom. The number of ether oxygens (including phenoxy) is 2. The van der Waals surface area contributed by atoms with Crippen molar-refractivity contribution in [1.29, 1.82) is 0 Å². The molecule has 0 amide bonds. The van der Waals surface area contributed by atoms with Crippen LogP contribution in [0.4, 0.5) is 0 Å². The Labute approximate surface area is 137 Å². The highest BCUT2D eigenvalue weighted by Gasteiger charge is 2.00. The highest BCUT2D eigenvalue weighted by molar-refractivity contribution is 7.80. The van der Waals surface area contributed by atoms with Crippen molar-refractivity contribution in [3.05, 3.63) is 53.6 Å². The van der Waals surface area contributed by atoms with Crippen LogP contribution in [-0.2, 0) is 0 Å². The molecule has 0 spiro atoms. The Balaban J connectivity index is 0.000000235. The van der Waals surface area contributed by atoms with Crippen molar-refractivity contribution in [3.8, 4) is 11.5 Å². The Morgan fingerprint density at radius 1 is 1.00 bits per heavy atom. The van der Waals surface area contributed by atoms with E-state index in [2.05, 4.69) is 12.6 Å². The van der Waals surface area contributed by atoms with Crippen LogP contribution < -0.4 is 9.47 Å². The number of thiol groups is 1. The predicted molar refractivity (Wildman–Crippen MR) is 92.6 cm³/mol. The summed E-state index contributed by atoms with van der Waals surface area (Å²) in [7, 11) is 0. The molecule has 0 aliphatic rings. The molecule has 0 saturated carbocycles. The highest BCUT2D eigenvalue weighted by Crippen LogP contribution is 2.27. The van der Waals surface area contributed by atoms with Gasteiger partial charge in [0.15, 0.2) is 0 Å². The van der Waals surface area contributed by atoms with Crippen molar-refractivity contribution in [2.24, 2.45) is 0 Å². The van der Waals surface area contributed by atoms with Crippen molar-refractivity contribution in [2.45, 2.75) is 25.7 Å². The van der Waals surface area contributed by atoms with E-state index in [1.807, 2.05) is 63.2 Å². The summed E-state index contributed by atoms with van der Waals surface area (Å²) >= 11 is 4.29. The number of benzene rings is 2. The first-order valence-corrected chi connectivity index (χ1v) is 7.65. The summed E-state index contributed by atoms with van der Waals surface area (Å²) < 4.78 is 10.7. The molecule has 0 aromatic heterocycles. The smallest absolute Gasteiger partial charge is 0.150 e. The third-order valence-electron chi connectivity index (χ3n) is 2.75. The molecular formula is C18H22O3S. The van der Waals surface area contributed by atoms with Crippen LogP contribution in [0.15, 0.2) is 47.4 Å². The van der Waals surface area contributed by atoms with Crippen LogP contribution >= 0.6 is 12.6 Å². The predicted octanol–water partition coefficient (Wildman–Crippen LogP) is 4.58. The second-order valence-electron chi connectivity index (χ2n) is 4.52. The number of carbonyl (C=O) groups is 1. The molecule has 4 heteroatoms. The molecule has 2 aromatic carbocycles. The standard InChI is InChI=1S/C10H14O2S.C8H8O/c1-3-11-8-5-6-9(12-4-2)10(13)7-8;1-7-2-4-8(6-9)5-3-7/h5-7,13H,3-4H2,1-2H3;2-6H,1H3. The fourth-order valence-electron chi connectivity index (χ4n) is 1.68. The molecule has 118 valence electrons. The van der Waals surface area contributed by atoms with Gasteiger partial charge in [-0.25, -0.2) is 0 Å². The minimum atomic E-state index is 0.654. The molecule has 0 aliphatic carbocycles. The van der Waals surface area contributed by atoms with Crippen molar-refractivity contribution in [1.82, 2.24) is 0 Å². The van der Waals surface area contributed by atoms with Gasteiger partial charge in [0.1, 0.15) is 17.8 Å². The van der Waals surface area contributed by atoms with Crippen molar-refractivity contribution >= 4 is 18.9 Å². The monoisotopic (exact) mass is 318 g/mol. The molecule has 0 atom stereocenters. The first-order valence-electron chi connectivity index (χ1n) is 7.21. The number of hydrogen-bond donors (Lipinski definition) is 1. The summed E-state index contributed by atoms with van der Waals surface area (Å²) in [6.45, 7) is 7.22. The fourth-order valence-corrected chi connectivity index (χ4v) is 1.94. The lowest BCUT2D eigenvalue weighted by Crippen LogP contribution is -1.94. The van der Waals surface area contributed by atoms with Crippen molar-refractivity contribution in [2.75, 3.05) is 13.2 Å². The maximum atomic E-state index is 10.1. The normalized spacial score (nSPS) is 9.45. The van der Waals surface area contributed by atoms with Crippen LogP contribution in [0.3, 0.4) is 0 Å². The van der Waals surface area contributed by atoms with E-state index in [1.165, 1.54) is 5.56 Å². The SMILES string of the molecule is CCOc1ccc(OCC)c(S)c1.Cc1ccc(C=O)cc1. The zero-order valence-electron chi connectivity index (χ0n) is 13.2. The molecule has 3 nitrogen and oxygen atoms in total. The van der Waals surface area contributed by atoms with Crippen LogP contribution in [-0.4, -0.2) is 19.5 Å². The van der Waals surface area contributed by atoms with Gasteiger partial charge in [-0.3, -0.25) is 4.79 Å². The molecule has 0 saturated heterocycles. The molecule has 2 aromatic rings. The molecule has 22 heavy (non-hydrogen) atoms. The summed E-state index contributed by atoms with van der Waals surface area (Å²) in [5.74, 6) is 1.63. The lowest BCUT2D eigenvalue weighted by Gasteiger charge is -2.08. The Bertz CT molecular complexity index is 579. The minimum absolute atomic E-state index is 0.654. The average Bonchev–Trinajstić information content (AvgIpc) is 2.52. The zero-order chi connectivity index (χ0) is 16.4. The molecule has 2 rings (SSSR count). The van der Waals surface area contributed by atoms with E-state index >= 15 is 0 Å². The van der Waals surface area contributed by atoms with Gasteiger partial charge in [0.05, 0.1) is 13.2 Å². The van der Waals surface area contributed by atoms with Gasteiger partial charge in [-0.1, -0.05) is 29.8 Å². The van der Waals surface area contributed by atoms with E-state index in [4.69, 9.17) is 9.47 Å². The molecular weight excluding hydrogens is 296 g/mol. The highest BCUT2D eigenvalue weighted by atomic mass is 32.1. The molecule has 0 heterocycles. The van der Waals surface area contributed by atoms with Crippen LogP contribution in [0.5, 0.6) is 11.5 Å². The van der Waals surface area contributed by atoms with E-state index in [1.54, 1.807) is 0 Å². The maximum absolute atomic E-state index is 10.1. The number of hydrogen-bond acceptors (Lipinski definition) is 4. The Kier molecular flexibility index (Phi) is 8.15. The molecule has 0 unspecified atom stereocenters. The number of aryl methyl sites for hydroxylation is 1. The van der Waals surface area contributed by atoms with Gasteiger partial charge in [0, 0.05) is 10.5 Å². The molecule has 0 aliphatic heterocycles. The van der Waals surface area contributed by atoms with Gasteiger partial charge in [0.2, 0.25) is 0 Å². The quantitative estimate of drug-likeness (QED) is 0.647.